The Bertz CT molecular complexity index is 1200. The van der Waals surface area contributed by atoms with Gasteiger partial charge in [-0.2, -0.15) is 5.10 Å². The lowest BCUT2D eigenvalue weighted by molar-refractivity contribution is 0.0843. The zero-order valence-electron chi connectivity index (χ0n) is 17.0. The number of amides is 2. The minimum absolute atomic E-state index is 0.0673. The third-order valence-electron chi connectivity index (χ3n) is 4.98. The molecular weight excluding hydrogens is 400 g/mol. The number of ether oxygens (including phenoxy) is 2. The van der Waals surface area contributed by atoms with Crippen molar-refractivity contribution in [2.75, 3.05) is 6.79 Å². The molecule has 0 bridgehead atoms. The lowest BCUT2D eigenvalue weighted by atomic mass is 10.1. The van der Waals surface area contributed by atoms with Gasteiger partial charge in [-0.1, -0.05) is 38.0 Å². The molecule has 1 aliphatic heterocycles. The molecule has 0 fully saturated rings. The fraction of sp³-hybridized carbons (Fsp3) is 0.273. The Morgan fingerprint density at radius 3 is 2.55 bits per heavy atom. The van der Waals surface area contributed by atoms with E-state index in [2.05, 4.69) is 22.9 Å². The van der Waals surface area contributed by atoms with Crippen molar-refractivity contribution in [1.29, 1.82) is 0 Å². The molecule has 1 aromatic heterocycles. The number of unbranched alkanes of at least 4 members (excludes halogenated alkanes) is 2. The molecule has 1 aliphatic rings. The maximum absolute atomic E-state index is 12.8. The van der Waals surface area contributed by atoms with Crippen LogP contribution in [0, 0.1) is 0 Å². The molecule has 2 amide bonds. The normalized spacial score (nSPS) is 12.0. The number of carbonyl (C=O) groups excluding carboxylic acids is 2. The molecule has 0 atom stereocenters. The second-order valence-electron chi connectivity index (χ2n) is 7.11. The van der Waals surface area contributed by atoms with E-state index in [9.17, 15) is 14.4 Å². The van der Waals surface area contributed by atoms with E-state index in [0.717, 1.165) is 19.3 Å². The van der Waals surface area contributed by atoms with Gasteiger partial charge in [0.2, 0.25) is 6.79 Å². The van der Waals surface area contributed by atoms with Gasteiger partial charge < -0.3 is 9.47 Å². The molecule has 2 N–H and O–H groups in total. The van der Waals surface area contributed by atoms with Gasteiger partial charge in [0.25, 0.3) is 17.4 Å². The first kappa shape index (κ1) is 20.4. The van der Waals surface area contributed by atoms with E-state index in [-0.39, 0.29) is 18.0 Å². The Hall–Kier alpha value is -3.88. The predicted octanol–water partition coefficient (Wildman–Crippen LogP) is 2.39. The van der Waals surface area contributed by atoms with E-state index in [1.54, 1.807) is 36.4 Å². The number of hydrazine groups is 1. The van der Waals surface area contributed by atoms with Crippen LogP contribution in [-0.4, -0.2) is 28.4 Å². The largest absolute Gasteiger partial charge is 0.454 e. The average molecular weight is 422 g/mol. The van der Waals surface area contributed by atoms with Crippen LogP contribution in [0.5, 0.6) is 11.5 Å². The number of aryl methyl sites for hydroxylation is 1. The third-order valence-corrected chi connectivity index (χ3v) is 4.98. The molecule has 31 heavy (non-hydrogen) atoms. The van der Waals surface area contributed by atoms with Crippen molar-refractivity contribution < 1.29 is 19.1 Å². The fourth-order valence-electron chi connectivity index (χ4n) is 3.35. The van der Waals surface area contributed by atoms with Gasteiger partial charge in [-0.25, -0.2) is 4.68 Å². The summed E-state index contributed by atoms with van der Waals surface area (Å²) in [5.41, 5.74) is 4.88. The summed E-state index contributed by atoms with van der Waals surface area (Å²) < 4.78 is 11.8. The van der Waals surface area contributed by atoms with Crippen LogP contribution >= 0.6 is 0 Å². The average Bonchev–Trinajstić information content (AvgIpc) is 3.27. The fourth-order valence-corrected chi connectivity index (χ4v) is 3.35. The van der Waals surface area contributed by atoms with E-state index in [4.69, 9.17) is 9.47 Å². The predicted molar refractivity (Wildman–Crippen MR) is 113 cm³/mol. The standard InChI is InChI=1S/C22H22N4O5/c1-2-3-6-11-26-22(29)16-8-5-4-7-15(16)19(25-26)21(28)24-23-20(27)14-9-10-17-18(12-14)31-13-30-17/h4-5,7-10,12H,2-3,6,11,13H2,1H3,(H,23,27)(H,24,28). The van der Waals surface area contributed by atoms with E-state index in [1.165, 1.54) is 10.7 Å². The summed E-state index contributed by atoms with van der Waals surface area (Å²) >= 11 is 0. The van der Waals surface area contributed by atoms with E-state index >= 15 is 0 Å². The Balaban J connectivity index is 1.54. The summed E-state index contributed by atoms with van der Waals surface area (Å²) in [5, 5.41) is 5.10. The van der Waals surface area contributed by atoms with Crippen molar-refractivity contribution in [3.05, 3.63) is 64.1 Å². The van der Waals surface area contributed by atoms with Gasteiger partial charge in [-0.3, -0.25) is 25.2 Å². The van der Waals surface area contributed by atoms with Crippen LogP contribution in [0.3, 0.4) is 0 Å². The molecule has 2 aromatic carbocycles. The van der Waals surface area contributed by atoms with Crippen LogP contribution in [0.4, 0.5) is 0 Å². The van der Waals surface area contributed by atoms with Crippen LogP contribution in [0.15, 0.2) is 47.3 Å². The molecule has 9 heteroatoms. The maximum atomic E-state index is 12.8. The Morgan fingerprint density at radius 2 is 1.74 bits per heavy atom. The number of nitrogens with zero attached hydrogens (tertiary/aromatic N) is 2. The molecule has 0 saturated heterocycles. The van der Waals surface area contributed by atoms with Crippen molar-refractivity contribution >= 4 is 22.6 Å². The van der Waals surface area contributed by atoms with Gasteiger partial charge in [-0.15, -0.1) is 0 Å². The highest BCUT2D eigenvalue weighted by atomic mass is 16.7. The minimum atomic E-state index is -0.616. The van der Waals surface area contributed by atoms with E-state index < -0.39 is 11.8 Å². The molecule has 0 saturated carbocycles. The first-order valence-electron chi connectivity index (χ1n) is 10.1. The van der Waals surface area contributed by atoms with Crippen LogP contribution in [0.1, 0.15) is 47.0 Å². The Morgan fingerprint density at radius 1 is 1.00 bits per heavy atom. The number of rotatable bonds is 6. The topological polar surface area (TPSA) is 112 Å². The van der Waals surface area contributed by atoms with Gasteiger partial charge in [0.05, 0.1) is 5.39 Å². The molecule has 9 nitrogen and oxygen atoms in total. The van der Waals surface area contributed by atoms with Crippen molar-refractivity contribution in [2.24, 2.45) is 0 Å². The summed E-state index contributed by atoms with van der Waals surface area (Å²) in [6, 6.07) is 11.5. The van der Waals surface area contributed by atoms with Crippen molar-refractivity contribution in [1.82, 2.24) is 20.6 Å². The molecule has 160 valence electrons. The molecule has 0 aliphatic carbocycles. The van der Waals surface area contributed by atoms with Crippen molar-refractivity contribution in [3.63, 3.8) is 0 Å². The Labute approximate surface area is 177 Å². The van der Waals surface area contributed by atoms with Crippen LogP contribution in [-0.2, 0) is 6.54 Å². The summed E-state index contributed by atoms with van der Waals surface area (Å²) in [4.78, 5) is 38.0. The first-order chi connectivity index (χ1) is 15.1. The summed E-state index contributed by atoms with van der Waals surface area (Å²) in [6.07, 6.45) is 2.74. The molecule has 2 heterocycles. The number of hydrogen-bond donors (Lipinski definition) is 2. The highest BCUT2D eigenvalue weighted by molar-refractivity contribution is 6.06. The van der Waals surface area contributed by atoms with E-state index in [1.807, 2.05) is 0 Å². The van der Waals surface area contributed by atoms with E-state index in [0.29, 0.717) is 34.4 Å². The van der Waals surface area contributed by atoms with Crippen molar-refractivity contribution in [2.45, 2.75) is 32.7 Å². The molecule has 0 unspecified atom stereocenters. The quantitative estimate of drug-likeness (QED) is 0.466. The molecular formula is C22H22N4O5. The number of fused-ring (bicyclic) bond motifs is 2. The number of nitrogens with one attached hydrogen (secondary N) is 2. The lowest BCUT2D eigenvalue weighted by Crippen LogP contribution is -2.42. The van der Waals surface area contributed by atoms with Gasteiger partial charge in [0.15, 0.2) is 17.2 Å². The summed E-state index contributed by atoms with van der Waals surface area (Å²) in [6.45, 7) is 2.59. The molecule has 0 spiro atoms. The molecule has 0 radical (unpaired) electrons. The van der Waals surface area contributed by atoms with Gasteiger partial charge in [0.1, 0.15) is 0 Å². The second kappa shape index (κ2) is 8.86. The smallest absolute Gasteiger partial charge is 0.290 e. The Kier molecular flexibility index (Phi) is 5.83. The van der Waals surface area contributed by atoms with Crippen LogP contribution < -0.4 is 25.9 Å². The van der Waals surface area contributed by atoms with Crippen LogP contribution in [0.25, 0.3) is 10.8 Å². The summed E-state index contributed by atoms with van der Waals surface area (Å²) in [7, 11) is 0. The van der Waals surface area contributed by atoms with Gasteiger partial charge in [-0.05, 0) is 30.7 Å². The third kappa shape index (κ3) is 4.20. The van der Waals surface area contributed by atoms with Crippen LogP contribution in [0.2, 0.25) is 0 Å². The van der Waals surface area contributed by atoms with Gasteiger partial charge in [0, 0.05) is 17.5 Å². The first-order valence-corrected chi connectivity index (χ1v) is 10.1. The SMILES string of the molecule is CCCCCn1nc(C(=O)NNC(=O)c2ccc3c(c2)OCO3)c2ccccc2c1=O. The number of hydrogen-bond acceptors (Lipinski definition) is 6. The van der Waals surface area contributed by atoms with Crippen molar-refractivity contribution in [3.8, 4) is 11.5 Å². The minimum Gasteiger partial charge on any atom is -0.454 e. The number of carbonyl (C=O) groups is 2. The maximum Gasteiger partial charge on any atom is 0.290 e. The number of benzene rings is 2. The highest BCUT2D eigenvalue weighted by Gasteiger charge is 2.19. The van der Waals surface area contributed by atoms with Gasteiger partial charge >= 0.3 is 0 Å². The monoisotopic (exact) mass is 422 g/mol. The second-order valence-corrected chi connectivity index (χ2v) is 7.11. The lowest BCUT2D eigenvalue weighted by Gasteiger charge is -2.12. The zero-order valence-corrected chi connectivity index (χ0v) is 17.0. The molecule has 3 aromatic rings. The number of aromatic nitrogens is 2. The molecule has 4 rings (SSSR count). The highest BCUT2D eigenvalue weighted by Crippen LogP contribution is 2.32. The summed E-state index contributed by atoms with van der Waals surface area (Å²) in [5.74, 6) is -0.117. The zero-order chi connectivity index (χ0) is 21.8.